The van der Waals surface area contributed by atoms with Crippen LogP contribution in [-0.4, -0.2) is 23.8 Å². The number of Topliss-reactive ketones (excluding diaryl/α,β-unsaturated/α-hetero) is 1. The summed E-state index contributed by atoms with van der Waals surface area (Å²) in [4.78, 5) is 11.1. The van der Waals surface area contributed by atoms with Crippen molar-refractivity contribution in [3.63, 3.8) is 0 Å². The third-order valence-electron chi connectivity index (χ3n) is 3.57. The van der Waals surface area contributed by atoms with Crippen molar-refractivity contribution in [2.75, 3.05) is 0 Å². The molecule has 1 aliphatic heterocycles. The molecule has 1 aliphatic carbocycles. The summed E-state index contributed by atoms with van der Waals surface area (Å²) >= 11 is 0. The van der Waals surface area contributed by atoms with E-state index >= 15 is 0 Å². The van der Waals surface area contributed by atoms with E-state index in [1.54, 1.807) is 6.92 Å². The number of hydrogen-bond donors (Lipinski definition) is 0. The summed E-state index contributed by atoms with van der Waals surface area (Å²) in [6, 6.07) is 0. The van der Waals surface area contributed by atoms with Crippen molar-refractivity contribution < 1.29 is 14.3 Å². The van der Waals surface area contributed by atoms with Crippen molar-refractivity contribution >= 4 is 5.78 Å². The van der Waals surface area contributed by atoms with E-state index in [1.165, 1.54) is 0 Å². The van der Waals surface area contributed by atoms with Crippen molar-refractivity contribution in [1.29, 1.82) is 0 Å². The summed E-state index contributed by atoms with van der Waals surface area (Å²) in [7, 11) is 0. The Morgan fingerprint density at radius 1 is 1.33 bits per heavy atom. The summed E-state index contributed by atoms with van der Waals surface area (Å²) in [5.41, 5.74) is 0. The van der Waals surface area contributed by atoms with Gasteiger partial charge in [-0.15, -0.1) is 0 Å². The Morgan fingerprint density at radius 2 is 1.93 bits per heavy atom. The molecule has 0 N–H and O–H groups in total. The molecule has 0 aromatic heterocycles. The van der Waals surface area contributed by atoms with Crippen LogP contribution in [0.3, 0.4) is 0 Å². The lowest BCUT2D eigenvalue weighted by Gasteiger charge is -2.22. The average Bonchev–Trinajstić information content (AvgIpc) is 2.58. The molecule has 2 aliphatic rings. The molecule has 3 heteroatoms. The molecule has 1 spiro atoms. The number of carbonyl (C=O) groups is 1. The van der Waals surface area contributed by atoms with Gasteiger partial charge in [-0.1, -0.05) is 0 Å². The zero-order valence-electron chi connectivity index (χ0n) is 9.79. The number of hydrogen-bond acceptors (Lipinski definition) is 3. The van der Waals surface area contributed by atoms with Crippen LogP contribution < -0.4 is 0 Å². The average molecular weight is 212 g/mol. The van der Waals surface area contributed by atoms with Gasteiger partial charge >= 0.3 is 0 Å². The number of carbonyl (C=O) groups excluding carboxylic acids is 1. The molecule has 0 amide bonds. The fourth-order valence-corrected chi connectivity index (χ4v) is 2.76. The third-order valence-corrected chi connectivity index (χ3v) is 3.57. The molecular weight excluding hydrogens is 192 g/mol. The predicted molar refractivity (Wildman–Crippen MR) is 56.5 cm³/mol. The second kappa shape index (κ2) is 3.87. The zero-order chi connectivity index (χ0) is 11.1. The molecule has 0 bridgehead atoms. The van der Waals surface area contributed by atoms with E-state index in [0.717, 1.165) is 19.3 Å². The molecule has 0 radical (unpaired) electrons. The molecule has 0 unspecified atom stereocenters. The predicted octanol–water partition coefficient (Wildman–Crippen LogP) is 2.29. The first-order valence-corrected chi connectivity index (χ1v) is 5.86. The first-order chi connectivity index (χ1) is 7.01. The van der Waals surface area contributed by atoms with Crippen LogP contribution in [0.25, 0.3) is 0 Å². The lowest BCUT2D eigenvalue weighted by Crippen LogP contribution is -2.27. The molecule has 3 atom stereocenters. The highest BCUT2D eigenvalue weighted by molar-refractivity contribution is 5.75. The number of ketones is 1. The van der Waals surface area contributed by atoms with Crippen LogP contribution in [0.1, 0.15) is 46.5 Å². The van der Waals surface area contributed by atoms with Crippen molar-refractivity contribution in [3.8, 4) is 0 Å². The maximum absolute atomic E-state index is 11.1. The van der Waals surface area contributed by atoms with Gasteiger partial charge in [0.2, 0.25) is 0 Å². The van der Waals surface area contributed by atoms with E-state index in [1.807, 2.05) is 0 Å². The molecule has 1 saturated heterocycles. The Morgan fingerprint density at radius 3 is 2.47 bits per heavy atom. The van der Waals surface area contributed by atoms with Gasteiger partial charge in [0.1, 0.15) is 5.78 Å². The second-order valence-electron chi connectivity index (χ2n) is 5.07. The summed E-state index contributed by atoms with van der Waals surface area (Å²) in [5.74, 6) is 0.370. The fourth-order valence-electron chi connectivity index (χ4n) is 2.76. The van der Waals surface area contributed by atoms with E-state index in [2.05, 4.69) is 13.8 Å². The Bertz CT molecular complexity index is 252. The van der Waals surface area contributed by atoms with Crippen LogP contribution in [0.5, 0.6) is 0 Å². The van der Waals surface area contributed by atoms with E-state index in [-0.39, 0.29) is 23.8 Å². The largest absolute Gasteiger partial charge is 0.344 e. The normalized spacial score (nSPS) is 38.7. The van der Waals surface area contributed by atoms with E-state index < -0.39 is 0 Å². The minimum Gasteiger partial charge on any atom is -0.344 e. The molecule has 0 aromatic rings. The molecule has 2 fully saturated rings. The molecule has 1 saturated carbocycles. The van der Waals surface area contributed by atoms with Crippen molar-refractivity contribution in [3.05, 3.63) is 0 Å². The maximum Gasteiger partial charge on any atom is 0.169 e. The van der Waals surface area contributed by atoms with Crippen LogP contribution in [-0.2, 0) is 14.3 Å². The van der Waals surface area contributed by atoms with Crippen LogP contribution in [0.15, 0.2) is 0 Å². The molecule has 86 valence electrons. The van der Waals surface area contributed by atoms with Crippen molar-refractivity contribution in [2.24, 2.45) is 5.92 Å². The van der Waals surface area contributed by atoms with Crippen LogP contribution in [0.4, 0.5) is 0 Å². The van der Waals surface area contributed by atoms with Crippen molar-refractivity contribution in [1.82, 2.24) is 0 Å². The first kappa shape index (κ1) is 11.1. The van der Waals surface area contributed by atoms with Gasteiger partial charge in [-0.25, -0.2) is 0 Å². The van der Waals surface area contributed by atoms with E-state index in [0.29, 0.717) is 12.3 Å². The summed E-state index contributed by atoms with van der Waals surface area (Å²) < 4.78 is 11.8. The van der Waals surface area contributed by atoms with Crippen LogP contribution in [0, 0.1) is 5.92 Å². The summed E-state index contributed by atoms with van der Waals surface area (Å²) in [6.45, 7) is 5.77. The number of ether oxygens (including phenoxy) is 2. The van der Waals surface area contributed by atoms with Gasteiger partial charge < -0.3 is 14.3 Å². The van der Waals surface area contributed by atoms with Gasteiger partial charge in [-0.05, 0) is 33.1 Å². The third kappa shape index (κ3) is 2.23. The minimum absolute atomic E-state index is 0.182. The van der Waals surface area contributed by atoms with Gasteiger partial charge in [0.25, 0.3) is 0 Å². The van der Waals surface area contributed by atoms with Gasteiger partial charge in [-0.2, -0.15) is 0 Å². The fraction of sp³-hybridized carbons (Fsp3) is 0.917. The topological polar surface area (TPSA) is 35.5 Å². The maximum atomic E-state index is 11.1. The van der Waals surface area contributed by atoms with Gasteiger partial charge in [0.05, 0.1) is 12.2 Å². The lowest BCUT2D eigenvalue weighted by molar-refractivity contribution is -0.169. The quantitative estimate of drug-likeness (QED) is 0.704. The standard InChI is InChI=1S/C12H20O3/c1-8(13)6-11-4-5-12(7-11)14-9(2)10(3)15-12/h9-11H,4-7H2,1-3H3/t9-,10-,11+/m0/s1. The second-order valence-corrected chi connectivity index (χ2v) is 5.07. The van der Waals surface area contributed by atoms with E-state index in [9.17, 15) is 4.79 Å². The molecular formula is C12H20O3. The van der Waals surface area contributed by atoms with Crippen LogP contribution >= 0.6 is 0 Å². The molecule has 0 aromatic carbocycles. The molecule has 3 nitrogen and oxygen atoms in total. The van der Waals surface area contributed by atoms with Crippen LogP contribution in [0.2, 0.25) is 0 Å². The van der Waals surface area contributed by atoms with Crippen molar-refractivity contribution in [2.45, 2.75) is 64.4 Å². The van der Waals surface area contributed by atoms with E-state index in [4.69, 9.17) is 9.47 Å². The highest BCUT2D eigenvalue weighted by Crippen LogP contribution is 2.45. The summed E-state index contributed by atoms with van der Waals surface area (Å²) in [5, 5.41) is 0. The number of rotatable bonds is 2. The first-order valence-electron chi connectivity index (χ1n) is 5.86. The highest BCUT2D eigenvalue weighted by Gasteiger charge is 2.48. The Hall–Kier alpha value is -0.410. The molecule has 15 heavy (non-hydrogen) atoms. The molecule has 1 heterocycles. The Balaban J connectivity index is 1.94. The SMILES string of the molecule is CC(=O)C[C@H]1CCC2(C1)O[C@@H](C)[C@H](C)O2. The zero-order valence-corrected chi connectivity index (χ0v) is 9.79. The minimum atomic E-state index is -0.362. The summed E-state index contributed by atoms with van der Waals surface area (Å²) in [6.07, 6.45) is 3.93. The lowest BCUT2D eigenvalue weighted by atomic mass is 10.0. The monoisotopic (exact) mass is 212 g/mol. The molecule has 2 rings (SSSR count). The van der Waals surface area contributed by atoms with Gasteiger partial charge in [0, 0.05) is 19.3 Å². The van der Waals surface area contributed by atoms with Gasteiger partial charge in [-0.3, -0.25) is 0 Å². The smallest absolute Gasteiger partial charge is 0.169 e. The Labute approximate surface area is 91.1 Å². The van der Waals surface area contributed by atoms with Gasteiger partial charge in [0.15, 0.2) is 5.79 Å². The Kier molecular flexibility index (Phi) is 2.86. The highest BCUT2D eigenvalue weighted by atomic mass is 16.8.